The molecule has 0 aromatic carbocycles. The van der Waals surface area contributed by atoms with E-state index in [-0.39, 0.29) is 5.82 Å². The fraction of sp³-hybridized carbons (Fsp3) is 0.333. The number of nitrogens with zero attached hydrogens (tertiary/aromatic N) is 3. The maximum atomic E-state index is 10.5. The van der Waals surface area contributed by atoms with Crippen LogP contribution in [0.2, 0.25) is 0 Å². The van der Waals surface area contributed by atoms with Gasteiger partial charge in [-0.2, -0.15) is 0 Å². The highest BCUT2D eigenvalue weighted by molar-refractivity contribution is 5.57. The quantitative estimate of drug-likeness (QED) is 0.656. The van der Waals surface area contributed by atoms with E-state index in [4.69, 9.17) is 0 Å². The van der Waals surface area contributed by atoms with Gasteiger partial charge in [-0.15, -0.1) is 5.10 Å². The first-order chi connectivity index (χ1) is 9.11. The molecule has 7 heteroatoms. The summed E-state index contributed by atoms with van der Waals surface area (Å²) in [4.78, 5) is 17.3. The highest BCUT2D eigenvalue weighted by atomic mass is 16.6. The lowest BCUT2D eigenvalue weighted by Crippen LogP contribution is -1.86. The van der Waals surface area contributed by atoms with Gasteiger partial charge in [0.05, 0.1) is 11.8 Å². The van der Waals surface area contributed by atoms with Crippen molar-refractivity contribution < 1.29 is 4.92 Å². The monoisotopic (exact) mass is 263 g/mol. The lowest BCUT2D eigenvalue weighted by molar-refractivity contribution is -0.389. The topological polar surface area (TPSA) is 100 Å². The Morgan fingerprint density at radius 1 is 1.42 bits per heavy atom. The Bertz CT molecular complexity index is 583. The van der Waals surface area contributed by atoms with Crippen LogP contribution in [-0.2, 0) is 0 Å². The summed E-state index contributed by atoms with van der Waals surface area (Å²) in [7, 11) is 0. The minimum atomic E-state index is -0.529. The summed E-state index contributed by atoms with van der Waals surface area (Å²) in [5.74, 6) is 0.363. The van der Waals surface area contributed by atoms with E-state index < -0.39 is 4.92 Å². The van der Waals surface area contributed by atoms with Crippen LogP contribution in [0.5, 0.6) is 0 Å². The van der Waals surface area contributed by atoms with Gasteiger partial charge in [0, 0.05) is 5.69 Å². The maximum absolute atomic E-state index is 10.5. The van der Waals surface area contributed by atoms with Gasteiger partial charge in [0.1, 0.15) is 0 Å². The third-order valence-electron chi connectivity index (χ3n) is 2.25. The molecule has 2 heterocycles. The van der Waals surface area contributed by atoms with Crippen molar-refractivity contribution in [1.29, 1.82) is 0 Å². The molecule has 2 aromatic rings. The van der Waals surface area contributed by atoms with Gasteiger partial charge in [0.25, 0.3) is 0 Å². The van der Waals surface area contributed by atoms with Crippen molar-refractivity contribution in [3.05, 3.63) is 33.6 Å². The smallest absolute Gasteiger partial charge is 0.343 e. The summed E-state index contributed by atoms with van der Waals surface area (Å²) in [6.45, 7) is 7.78. The first-order valence-corrected chi connectivity index (χ1v) is 6.01. The second kappa shape index (κ2) is 6.48. The molecule has 2 rings (SSSR count). The van der Waals surface area contributed by atoms with Crippen LogP contribution in [0.4, 0.5) is 5.82 Å². The molecular formula is C12H17N5O2. The normalized spacial score (nSPS) is 10.3. The molecule has 0 fully saturated rings. The summed E-state index contributed by atoms with van der Waals surface area (Å²) >= 11 is 0. The standard InChI is InChI=1S/C10H11N5O2.C2H6/c1-3-4-7-6(2)11-10(12-7)8-5-9(14-13-8)15(16)17;1-2/h3-5H,1-2H3,(H,11,12)(H,13,14);1-2H3/b4-3-;. The average molecular weight is 263 g/mol. The minimum absolute atomic E-state index is 0.151. The number of allylic oxidation sites excluding steroid dienone is 1. The second-order valence-corrected chi connectivity index (χ2v) is 3.49. The molecule has 102 valence electrons. The predicted molar refractivity (Wildman–Crippen MR) is 73.6 cm³/mol. The molecule has 0 atom stereocenters. The van der Waals surface area contributed by atoms with Crippen LogP contribution in [0.3, 0.4) is 0 Å². The van der Waals surface area contributed by atoms with Crippen LogP contribution in [0.1, 0.15) is 32.2 Å². The lowest BCUT2D eigenvalue weighted by Gasteiger charge is -1.85. The van der Waals surface area contributed by atoms with Crippen LogP contribution >= 0.6 is 0 Å². The Balaban J connectivity index is 0.000000861. The molecular weight excluding hydrogens is 246 g/mol. The Hall–Kier alpha value is -2.44. The summed E-state index contributed by atoms with van der Waals surface area (Å²) in [5.41, 5.74) is 2.12. The van der Waals surface area contributed by atoms with Crippen LogP contribution in [0.25, 0.3) is 17.6 Å². The van der Waals surface area contributed by atoms with Gasteiger partial charge in [0.2, 0.25) is 0 Å². The average Bonchev–Trinajstić information content (AvgIpc) is 3.00. The Kier molecular flexibility index (Phi) is 4.99. The number of H-pyrrole nitrogens is 2. The van der Waals surface area contributed by atoms with E-state index in [0.29, 0.717) is 11.5 Å². The van der Waals surface area contributed by atoms with Crippen molar-refractivity contribution in [2.45, 2.75) is 27.7 Å². The summed E-state index contributed by atoms with van der Waals surface area (Å²) in [5, 5.41) is 16.7. The molecule has 2 N–H and O–H groups in total. The highest BCUT2D eigenvalue weighted by Gasteiger charge is 2.14. The molecule has 2 aromatic heterocycles. The molecule has 0 aliphatic carbocycles. The van der Waals surface area contributed by atoms with Crippen molar-refractivity contribution in [3.63, 3.8) is 0 Å². The van der Waals surface area contributed by atoms with E-state index in [1.807, 2.05) is 39.8 Å². The Labute approximate surface area is 110 Å². The molecule has 0 spiro atoms. The van der Waals surface area contributed by atoms with Crippen LogP contribution in [0.15, 0.2) is 12.1 Å². The first-order valence-electron chi connectivity index (χ1n) is 6.01. The molecule has 0 aliphatic heterocycles. The fourth-order valence-electron chi connectivity index (χ4n) is 1.44. The van der Waals surface area contributed by atoms with Crippen LogP contribution < -0.4 is 0 Å². The lowest BCUT2D eigenvalue weighted by atomic mass is 10.3. The van der Waals surface area contributed by atoms with E-state index in [9.17, 15) is 10.1 Å². The minimum Gasteiger partial charge on any atom is -0.358 e. The number of aromatic nitrogens is 4. The molecule has 19 heavy (non-hydrogen) atoms. The Morgan fingerprint density at radius 3 is 2.63 bits per heavy atom. The SMILES string of the molecule is C/C=C\c1nc(-c2cc([N+](=O)[O-])[nH]n2)[nH]c1C.CC. The number of nitro groups is 1. The summed E-state index contributed by atoms with van der Waals surface area (Å²) in [6, 6.07) is 1.34. The molecule has 0 saturated carbocycles. The van der Waals surface area contributed by atoms with Crippen molar-refractivity contribution in [2.75, 3.05) is 0 Å². The molecule has 0 unspecified atom stereocenters. The zero-order valence-corrected chi connectivity index (χ0v) is 11.4. The molecule has 0 radical (unpaired) electrons. The van der Waals surface area contributed by atoms with E-state index >= 15 is 0 Å². The second-order valence-electron chi connectivity index (χ2n) is 3.49. The van der Waals surface area contributed by atoms with E-state index in [1.165, 1.54) is 6.07 Å². The van der Waals surface area contributed by atoms with Gasteiger partial charge >= 0.3 is 5.82 Å². The third-order valence-corrected chi connectivity index (χ3v) is 2.25. The summed E-state index contributed by atoms with van der Waals surface area (Å²) < 4.78 is 0. The zero-order chi connectivity index (χ0) is 14.4. The largest absolute Gasteiger partial charge is 0.358 e. The van der Waals surface area contributed by atoms with Crippen molar-refractivity contribution in [2.24, 2.45) is 0 Å². The third kappa shape index (κ3) is 3.27. The highest BCUT2D eigenvalue weighted by Crippen LogP contribution is 2.20. The number of hydrogen-bond donors (Lipinski definition) is 2. The fourth-order valence-corrected chi connectivity index (χ4v) is 1.44. The van der Waals surface area contributed by atoms with Gasteiger partial charge in [-0.1, -0.05) is 25.0 Å². The number of nitrogens with one attached hydrogen (secondary N) is 2. The number of aryl methyl sites for hydroxylation is 1. The van der Waals surface area contributed by atoms with Crippen molar-refractivity contribution >= 4 is 11.9 Å². The number of rotatable bonds is 3. The predicted octanol–water partition coefficient (Wildman–Crippen LogP) is 3.08. The van der Waals surface area contributed by atoms with Crippen molar-refractivity contribution in [1.82, 2.24) is 20.2 Å². The number of imidazole rings is 1. The molecule has 0 bridgehead atoms. The van der Waals surface area contributed by atoms with E-state index in [0.717, 1.165) is 11.4 Å². The number of aromatic amines is 2. The molecule has 0 aliphatic rings. The van der Waals surface area contributed by atoms with E-state index in [2.05, 4.69) is 20.2 Å². The van der Waals surface area contributed by atoms with Gasteiger partial charge in [-0.05, 0) is 24.8 Å². The maximum Gasteiger partial charge on any atom is 0.343 e. The Morgan fingerprint density at radius 2 is 2.11 bits per heavy atom. The van der Waals surface area contributed by atoms with Crippen molar-refractivity contribution in [3.8, 4) is 11.5 Å². The van der Waals surface area contributed by atoms with Gasteiger partial charge in [-0.3, -0.25) is 0 Å². The number of hydrogen-bond acceptors (Lipinski definition) is 4. The molecule has 7 nitrogen and oxygen atoms in total. The van der Waals surface area contributed by atoms with E-state index in [1.54, 1.807) is 0 Å². The van der Waals surface area contributed by atoms with Gasteiger partial charge in [-0.25, -0.2) is 4.98 Å². The van der Waals surface area contributed by atoms with Crippen LogP contribution in [0, 0.1) is 17.0 Å². The van der Waals surface area contributed by atoms with Gasteiger partial charge < -0.3 is 15.1 Å². The van der Waals surface area contributed by atoms with Gasteiger partial charge in [0.15, 0.2) is 11.5 Å². The summed E-state index contributed by atoms with van der Waals surface area (Å²) in [6.07, 6.45) is 3.73. The zero-order valence-electron chi connectivity index (χ0n) is 11.4. The first kappa shape index (κ1) is 14.6. The molecule has 0 saturated heterocycles. The molecule has 0 amide bonds. The van der Waals surface area contributed by atoms with Crippen LogP contribution in [-0.4, -0.2) is 25.1 Å².